The molecule has 3 aromatic rings. The van der Waals surface area contributed by atoms with E-state index in [0.29, 0.717) is 29.1 Å². The molecule has 0 aliphatic carbocycles. The summed E-state index contributed by atoms with van der Waals surface area (Å²) >= 11 is 0. The Bertz CT molecular complexity index is 1070. The molecule has 1 aromatic carbocycles. The van der Waals surface area contributed by atoms with E-state index in [1.807, 2.05) is 13.0 Å². The van der Waals surface area contributed by atoms with Crippen LogP contribution in [0.1, 0.15) is 30.3 Å². The number of hydrogen-bond donors (Lipinski definition) is 2. The van der Waals surface area contributed by atoms with Crippen molar-refractivity contribution in [1.82, 2.24) is 19.9 Å². The van der Waals surface area contributed by atoms with E-state index < -0.39 is 23.8 Å². The highest BCUT2D eigenvalue weighted by atomic mass is 19.4. The SMILES string of the molecule is CCC(Cc1cnc(-c2cc(C)cc(Nc3nccc(C(F)(F)F)n3)c2)cn1)C(=O)O. The van der Waals surface area contributed by atoms with E-state index in [0.717, 1.165) is 17.8 Å². The molecule has 31 heavy (non-hydrogen) atoms. The van der Waals surface area contributed by atoms with Crippen molar-refractivity contribution in [2.24, 2.45) is 5.92 Å². The van der Waals surface area contributed by atoms with Crippen LogP contribution in [0.3, 0.4) is 0 Å². The maximum atomic E-state index is 12.9. The molecule has 7 nitrogen and oxygen atoms in total. The number of carbonyl (C=O) groups is 1. The van der Waals surface area contributed by atoms with Gasteiger partial charge in [0.1, 0.15) is 5.69 Å². The van der Waals surface area contributed by atoms with Crippen LogP contribution in [0.25, 0.3) is 11.3 Å². The first kappa shape index (κ1) is 22.1. The summed E-state index contributed by atoms with van der Waals surface area (Å²) in [5.74, 6) is -1.57. The second-order valence-corrected chi connectivity index (χ2v) is 7.02. The molecule has 0 radical (unpaired) electrons. The van der Waals surface area contributed by atoms with Crippen LogP contribution < -0.4 is 5.32 Å². The quantitative estimate of drug-likeness (QED) is 0.561. The van der Waals surface area contributed by atoms with E-state index in [1.165, 1.54) is 6.20 Å². The lowest BCUT2D eigenvalue weighted by atomic mass is 10.0. The molecule has 2 aromatic heterocycles. The Morgan fingerprint density at radius 1 is 1.16 bits per heavy atom. The van der Waals surface area contributed by atoms with Crippen LogP contribution in [-0.4, -0.2) is 31.0 Å². The Labute approximate surface area is 176 Å². The second-order valence-electron chi connectivity index (χ2n) is 7.02. The number of nitrogens with one attached hydrogen (secondary N) is 1. The molecule has 0 spiro atoms. The summed E-state index contributed by atoms with van der Waals surface area (Å²) in [5, 5.41) is 12.0. The molecule has 10 heteroatoms. The third-order valence-corrected chi connectivity index (χ3v) is 4.58. The van der Waals surface area contributed by atoms with Gasteiger partial charge in [0.25, 0.3) is 0 Å². The van der Waals surface area contributed by atoms with Gasteiger partial charge in [-0.1, -0.05) is 6.92 Å². The Kier molecular flexibility index (Phi) is 6.47. The lowest BCUT2D eigenvalue weighted by Gasteiger charge is -2.11. The van der Waals surface area contributed by atoms with Crippen molar-refractivity contribution >= 4 is 17.6 Å². The molecule has 1 unspecified atom stereocenters. The van der Waals surface area contributed by atoms with Gasteiger partial charge in [0.05, 0.1) is 23.5 Å². The molecule has 0 bridgehead atoms. The van der Waals surface area contributed by atoms with Crippen LogP contribution >= 0.6 is 0 Å². The van der Waals surface area contributed by atoms with E-state index in [-0.39, 0.29) is 12.4 Å². The van der Waals surface area contributed by atoms with Gasteiger partial charge in [0.2, 0.25) is 5.95 Å². The van der Waals surface area contributed by atoms with Gasteiger partial charge in [-0.05, 0) is 43.2 Å². The Hall–Kier alpha value is -3.56. The molecule has 0 fully saturated rings. The molecule has 0 aliphatic heterocycles. The Morgan fingerprint density at radius 2 is 1.94 bits per heavy atom. The van der Waals surface area contributed by atoms with Crippen LogP contribution in [0.5, 0.6) is 0 Å². The van der Waals surface area contributed by atoms with E-state index in [2.05, 4.69) is 25.3 Å². The molecule has 0 amide bonds. The van der Waals surface area contributed by atoms with Crippen molar-refractivity contribution in [2.75, 3.05) is 5.32 Å². The molecule has 3 rings (SSSR count). The van der Waals surface area contributed by atoms with Gasteiger partial charge < -0.3 is 10.4 Å². The van der Waals surface area contributed by atoms with E-state index in [9.17, 15) is 23.1 Å². The Morgan fingerprint density at radius 3 is 2.55 bits per heavy atom. The fourth-order valence-corrected chi connectivity index (χ4v) is 2.98. The van der Waals surface area contributed by atoms with Crippen LogP contribution in [-0.2, 0) is 17.4 Å². The van der Waals surface area contributed by atoms with Crippen molar-refractivity contribution in [3.8, 4) is 11.3 Å². The summed E-state index contributed by atoms with van der Waals surface area (Å²) in [6.45, 7) is 3.64. The topological polar surface area (TPSA) is 101 Å². The highest BCUT2D eigenvalue weighted by molar-refractivity contribution is 5.70. The van der Waals surface area contributed by atoms with Gasteiger partial charge in [-0.25, -0.2) is 9.97 Å². The first-order valence-electron chi connectivity index (χ1n) is 9.48. The third-order valence-electron chi connectivity index (χ3n) is 4.58. The van der Waals surface area contributed by atoms with Crippen molar-refractivity contribution in [3.63, 3.8) is 0 Å². The minimum absolute atomic E-state index is 0.174. The summed E-state index contributed by atoms with van der Waals surface area (Å²) in [6.07, 6.45) is 0.330. The summed E-state index contributed by atoms with van der Waals surface area (Å²) in [4.78, 5) is 27.2. The molecule has 2 N–H and O–H groups in total. The van der Waals surface area contributed by atoms with Crippen LogP contribution in [0.15, 0.2) is 42.9 Å². The van der Waals surface area contributed by atoms with Crippen molar-refractivity contribution in [1.29, 1.82) is 0 Å². The number of carboxylic acids is 1. The molecular formula is C21H20F3N5O2. The molecular weight excluding hydrogens is 411 g/mol. The first-order chi connectivity index (χ1) is 14.7. The summed E-state index contributed by atoms with van der Waals surface area (Å²) in [6, 6.07) is 6.10. The van der Waals surface area contributed by atoms with Gasteiger partial charge in [-0.3, -0.25) is 14.8 Å². The van der Waals surface area contributed by atoms with Crippen molar-refractivity contribution in [2.45, 2.75) is 32.9 Å². The average Bonchev–Trinajstić information content (AvgIpc) is 2.71. The zero-order valence-corrected chi connectivity index (χ0v) is 16.8. The minimum Gasteiger partial charge on any atom is -0.481 e. The zero-order chi connectivity index (χ0) is 22.6. The normalized spacial score (nSPS) is 12.4. The number of alkyl halides is 3. The van der Waals surface area contributed by atoms with E-state index in [4.69, 9.17) is 0 Å². The number of rotatable bonds is 7. The lowest BCUT2D eigenvalue weighted by molar-refractivity contribution is -0.142. The van der Waals surface area contributed by atoms with Crippen LogP contribution in [0.2, 0.25) is 0 Å². The van der Waals surface area contributed by atoms with Crippen LogP contribution in [0, 0.1) is 12.8 Å². The third kappa shape index (κ3) is 5.74. The highest BCUT2D eigenvalue weighted by Crippen LogP contribution is 2.29. The average molecular weight is 431 g/mol. The fourth-order valence-electron chi connectivity index (χ4n) is 2.98. The van der Waals surface area contributed by atoms with Gasteiger partial charge in [0, 0.05) is 30.1 Å². The Balaban J connectivity index is 1.82. The standard InChI is InChI=1S/C21H20F3N5O2/c1-3-13(19(30)31)8-16-10-27-17(11-26-16)14-6-12(2)7-15(9-14)28-20-25-5-4-18(29-20)21(22,23)24/h4-7,9-11,13H,3,8H2,1-2H3,(H,30,31)(H,25,28,29). The first-order valence-corrected chi connectivity index (χ1v) is 9.48. The monoisotopic (exact) mass is 431 g/mol. The maximum Gasteiger partial charge on any atom is 0.433 e. The number of benzene rings is 1. The summed E-state index contributed by atoms with van der Waals surface area (Å²) < 4.78 is 38.6. The predicted molar refractivity (Wildman–Crippen MR) is 108 cm³/mol. The number of hydrogen-bond acceptors (Lipinski definition) is 6. The predicted octanol–water partition coefficient (Wildman–Crippen LogP) is 4.66. The van der Waals surface area contributed by atoms with Gasteiger partial charge in [-0.15, -0.1) is 0 Å². The van der Waals surface area contributed by atoms with E-state index in [1.54, 1.807) is 25.3 Å². The maximum absolute atomic E-state index is 12.9. The number of nitrogens with zero attached hydrogens (tertiary/aromatic N) is 4. The summed E-state index contributed by atoms with van der Waals surface area (Å²) in [7, 11) is 0. The molecule has 2 heterocycles. The van der Waals surface area contributed by atoms with Gasteiger partial charge in [-0.2, -0.15) is 13.2 Å². The number of aryl methyl sites for hydroxylation is 1. The fraction of sp³-hybridized carbons (Fsp3) is 0.286. The second kappa shape index (κ2) is 9.07. The molecule has 162 valence electrons. The molecule has 0 aliphatic rings. The smallest absolute Gasteiger partial charge is 0.433 e. The summed E-state index contributed by atoms with van der Waals surface area (Å²) in [5.41, 5.74) is 2.11. The number of halogens is 3. The number of aliphatic carboxylic acids is 1. The molecule has 1 atom stereocenters. The number of anilines is 2. The molecule has 0 saturated carbocycles. The minimum atomic E-state index is -4.56. The van der Waals surface area contributed by atoms with E-state index >= 15 is 0 Å². The van der Waals surface area contributed by atoms with Crippen molar-refractivity contribution < 1.29 is 23.1 Å². The van der Waals surface area contributed by atoms with Gasteiger partial charge in [0.15, 0.2) is 0 Å². The largest absolute Gasteiger partial charge is 0.481 e. The highest BCUT2D eigenvalue weighted by Gasteiger charge is 2.32. The lowest BCUT2D eigenvalue weighted by Crippen LogP contribution is -2.16. The zero-order valence-electron chi connectivity index (χ0n) is 16.8. The van der Waals surface area contributed by atoms with Crippen LogP contribution in [0.4, 0.5) is 24.8 Å². The number of aromatic nitrogens is 4. The van der Waals surface area contributed by atoms with Gasteiger partial charge >= 0.3 is 12.1 Å². The molecule has 0 saturated heterocycles. The van der Waals surface area contributed by atoms with Crippen molar-refractivity contribution in [3.05, 3.63) is 59.8 Å². The number of carboxylic acid groups (broad SMARTS) is 1.